The Morgan fingerprint density at radius 1 is 1.05 bits per heavy atom. The quantitative estimate of drug-likeness (QED) is 0.424. The summed E-state index contributed by atoms with van der Waals surface area (Å²) >= 11 is 9.21. The van der Waals surface area contributed by atoms with E-state index in [4.69, 9.17) is 17.0 Å². The molecule has 2 heterocycles. The fourth-order valence-electron chi connectivity index (χ4n) is 4.64. The number of hydrogen-bond donors (Lipinski definition) is 1. The number of likely N-dealkylation sites (N-methyl/N-ethyl adjacent to an activating group) is 1. The molecule has 4 rings (SSSR count). The third-order valence-electron chi connectivity index (χ3n) is 6.70. The fourth-order valence-corrected chi connectivity index (χ4v) is 5.32. The number of carbonyl (C=O) groups excluding carboxylic acids is 2. The maximum Gasteiger partial charge on any atom is 0.256 e. The van der Waals surface area contributed by atoms with Crippen molar-refractivity contribution in [2.75, 3.05) is 63.1 Å². The number of benzene rings is 2. The van der Waals surface area contributed by atoms with E-state index in [1.54, 1.807) is 4.90 Å². The van der Waals surface area contributed by atoms with Crippen LogP contribution in [-0.4, -0.2) is 90.6 Å². The highest BCUT2D eigenvalue weighted by molar-refractivity contribution is 9.10. The van der Waals surface area contributed by atoms with Crippen molar-refractivity contribution in [3.05, 3.63) is 53.0 Å². The second kappa shape index (κ2) is 12.8. The lowest BCUT2D eigenvalue weighted by Crippen LogP contribution is -2.45. The zero-order valence-electron chi connectivity index (χ0n) is 21.4. The summed E-state index contributed by atoms with van der Waals surface area (Å²) in [7, 11) is 2.14. The standard InChI is InChI=1S/C27H34BrN5O3S/c1-3-36-23-11-9-22(10-12-23)33-26(35)24(19-25(34)29-21-7-5-20(28)6-8-21)32(27(33)37)14-4-13-31-17-15-30(2)16-18-31/h5-12,24H,3-4,13-19H2,1-2H3,(H,29,34)/t24-/m1/s1. The van der Waals surface area contributed by atoms with Gasteiger partial charge in [-0.25, -0.2) is 0 Å². The lowest BCUT2D eigenvalue weighted by atomic mass is 10.1. The van der Waals surface area contributed by atoms with Crippen LogP contribution in [0.2, 0.25) is 0 Å². The van der Waals surface area contributed by atoms with Gasteiger partial charge in [-0.1, -0.05) is 15.9 Å². The van der Waals surface area contributed by atoms with E-state index in [1.165, 1.54) is 0 Å². The van der Waals surface area contributed by atoms with Gasteiger partial charge in [0, 0.05) is 42.9 Å². The molecular formula is C27H34BrN5O3S. The Kier molecular flexibility index (Phi) is 9.53. The van der Waals surface area contributed by atoms with E-state index >= 15 is 0 Å². The number of amides is 2. The molecule has 2 aromatic carbocycles. The number of hydrogen-bond acceptors (Lipinski definition) is 6. The molecule has 8 nitrogen and oxygen atoms in total. The molecule has 2 saturated heterocycles. The second-order valence-corrected chi connectivity index (χ2v) is 10.6. The van der Waals surface area contributed by atoms with Crippen LogP contribution in [0.3, 0.4) is 0 Å². The minimum Gasteiger partial charge on any atom is -0.494 e. The van der Waals surface area contributed by atoms with Gasteiger partial charge in [0.2, 0.25) is 5.91 Å². The van der Waals surface area contributed by atoms with Crippen LogP contribution < -0.4 is 15.0 Å². The third kappa shape index (κ3) is 7.07. The maximum absolute atomic E-state index is 13.6. The van der Waals surface area contributed by atoms with Gasteiger partial charge in [-0.15, -0.1) is 0 Å². The monoisotopic (exact) mass is 587 g/mol. The molecule has 2 amide bonds. The number of thiocarbonyl (C=S) groups is 1. The van der Waals surface area contributed by atoms with Crippen molar-refractivity contribution >= 4 is 56.4 Å². The first-order valence-electron chi connectivity index (χ1n) is 12.7. The van der Waals surface area contributed by atoms with Crippen LogP contribution in [-0.2, 0) is 9.59 Å². The molecule has 0 saturated carbocycles. The van der Waals surface area contributed by atoms with Gasteiger partial charge in [0.05, 0.1) is 18.7 Å². The third-order valence-corrected chi connectivity index (χ3v) is 7.65. The Labute approximate surface area is 232 Å². The number of rotatable bonds is 10. The van der Waals surface area contributed by atoms with Gasteiger partial charge in [-0.05, 0) is 87.7 Å². The largest absolute Gasteiger partial charge is 0.494 e. The molecule has 2 aliphatic rings. The molecule has 2 aliphatic heterocycles. The number of nitrogens with one attached hydrogen (secondary N) is 1. The zero-order chi connectivity index (χ0) is 26.4. The van der Waals surface area contributed by atoms with E-state index in [-0.39, 0.29) is 18.2 Å². The van der Waals surface area contributed by atoms with Crippen molar-refractivity contribution in [3.8, 4) is 5.75 Å². The van der Waals surface area contributed by atoms with Crippen LogP contribution in [0, 0.1) is 0 Å². The van der Waals surface area contributed by atoms with Crippen molar-refractivity contribution in [3.63, 3.8) is 0 Å². The Morgan fingerprint density at radius 2 is 1.73 bits per heavy atom. The molecule has 0 spiro atoms. The van der Waals surface area contributed by atoms with Gasteiger partial charge in [0.15, 0.2) is 5.11 Å². The van der Waals surface area contributed by atoms with E-state index in [0.29, 0.717) is 29.6 Å². The molecule has 0 aromatic heterocycles. The van der Waals surface area contributed by atoms with Gasteiger partial charge in [0.25, 0.3) is 5.91 Å². The van der Waals surface area contributed by atoms with Gasteiger partial charge >= 0.3 is 0 Å². The first kappa shape index (κ1) is 27.5. The average molecular weight is 589 g/mol. The number of anilines is 2. The average Bonchev–Trinajstić information content (AvgIpc) is 3.11. The van der Waals surface area contributed by atoms with Crippen molar-refractivity contribution in [2.45, 2.75) is 25.8 Å². The molecule has 0 radical (unpaired) electrons. The fraction of sp³-hybridized carbons (Fsp3) is 0.444. The summed E-state index contributed by atoms with van der Waals surface area (Å²) in [6.07, 6.45) is 0.885. The van der Waals surface area contributed by atoms with E-state index in [9.17, 15) is 9.59 Å². The molecule has 2 fully saturated rings. The SMILES string of the molecule is CCOc1ccc(N2C(=O)[C@@H](CC(=O)Nc3ccc(Br)cc3)N(CCCN3CCN(C)CC3)C2=S)cc1. The highest BCUT2D eigenvalue weighted by Crippen LogP contribution is 2.29. The lowest BCUT2D eigenvalue weighted by Gasteiger charge is -2.33. The summed E-state index contributed by atoms with van der Waals surface area (Å²) in [5, 5.41) is 3.35. The van der Waals surface area contributed by atoms with Crippen LogP contribution in [0.4, 0.5) is 11.4 Å². The Hall–Kier alpha value is -2.53. The predicted octanol–water partition coefficient (Wildman–Crippen LogP) is 3.82. The molecule has 0 unspecified atom stereocenters. The summed E-state index contributed by atoms with van der Waals surface area (Å²) in [6, 6.07) is 14.1. The smallest absolute Gasteiger partial charge is 0.256 e. The van der Waals surface area contributed by atoms with Crippen LogP contribution in [0.5, 0.6) is 5.75 Å². The highest BCUT2D eigenvalue weighted by atomic mass is 79.9. The molecule has 1 N–H and O–H groups in total. The second-order valence-electron chi connectivity index (χ2n) is 9.35. The van der Waals surface area contributed by atoms with Gasteiger partial charge in [0.1, 0.15) is 11.8 Å². The minimum atomic E-state index is -0.651. The summed E-state index contributed by atoms with van der Waals surface area (Å²) in [5.74, 6) is 0.332. The molecule has 198 valence electrons. The summed E-state index contributed by atoms with van der Waals surface area (Å²) < 4.78 is 6.47. The molecule has 2 aromatic rings. The van der Waals surface area contributed by atoms with E-state index in [2.05, 4.69) is 38.1 Å². The van der Waals surface area contributed by atoms with E-state index in [0.717, 1.165) is 49.4 Å². The van der Waals surface area contributed by atoms with Crippen molar-refractivity contribution in [1.29, 1.82) is 0 Å². The van der Waals surface area contributed by atoms with Crippen LogP contribution >= 0.6 is 28.1 Å². The number of carbonyl (C=O) groups is 2. The summed E-state index contributed by atoms with van der Waals surface area (Å²) in [4.78, 5) is 34.9. The molecule has 0 aliphatic carbocycles. The lowest BCUT2D eigenvalue weighted by molar-refractivity contribution is -0.124. The summed E-state index contributed by atoms with van der Waals surface area (Å²) in [6.45, 7) is 8.24. The number of halogens is 1. The van der Waals surface area contributed by atoms with Gasteiger partial charge in [-0.2, -0.15) is 0 Å². The van der Waals surface area contributed by atoms with E-state index in [1.807, 2.05) is 60.4 Å². The number of nitrogens with zero attached hydrogens (tertiary/aromatic N) is 4. The predicted molar refractivity (Wildman–Crippen MR) is 154 cm³/mol. The molecule has 37 heavy (non-hydrogen) atoms. The first-order chi connectivity index (χ1) is 17.9. The maximum atomic E-state index is 13.6. The van der Waals surface area contributed by atoms with Crippen LogP contribution in [0.25, 0.3) is 0 Å². The Morgan fingerprint density at radius 3 is 2.38 bits per heavy atom. The van der Waals surface area contributed by atoms with Crippen LogP contribution in [0.1, 0.15) is 19.8 Å². The molecule has 1 atom stereocenters. The van der Waals surface area contributed by atoms with Crippen molar-refractivity contribution in [2.24, 2.45) is 0 Å². The summed E-state index contributed by atoms with van der Waals surface area (Å²) in [5.41, 5.74) is 1.37. The Bertz CT molecular complexity index is 1090. The van der Waals surface area contributed by atoms with Crippen molar-refractivity contribution in [1.82, 2.24) is 14.7 Å². The van der Waals surface area contributed by atoms with Gasteiger partial charge in [-0.3, -0.25) is 14.5 Å². The number of piperazine rings is 1. The zero-order valence-corrected chi connectivity index (χ0v) is 23.8. The molecular weight excluding hydrogens is 554 g/mol. The molecule has 10 heteroatoms. The normalized spacial score (nSPS) is 18.9. The van der Waals surface area contributed by atoms with E-state index < -0.39 is 6.04 Å². The van der Waals surface area contributed by atoms with Crippen LogP contribution in [0.15, 0.2) is 53.0 Å². The topological polar surface area (TPSA) is 68.4 Å². The Balaban J connectivity index is 1.47. The van der Waals surface area contributed by atoms with Crippen molar-refractivity contribution < 1.29 is 14.3 Å². The molecule has 0 bridgehead atoms. The highest BCUT2D eigenvalue weighted by Gasteiger charge is 2.43. The minimum absolute atomic E-state index is 0.0249. The first-order valence-corrected chi connectivity index (χ1v) is 13.9. The van der Waals surface area contributed by atoms with Gasteiger partial charge < -0.3 is 24.8 Å². The number of ether oxygens (including phenoxy) is 1.